The average Bonchev–Trinajstić information content (AvgIpc) is 3.34. The van der Waals surface area contributed by atoms with E-state index in [4.69, 9.17) is 9.47 Å². The molecular formula is C19H34N6O3. The second kappa shape index (κ2) is 11.2. The van der Waals surface area contributed by atoms with Crippen molar-refractivity contribution in [1.29, 1.82) is 0 Å². The molecule has 28 heavy (non-hydrogen) atoms. The van der Waals surface area contributed by atoms with Gasteiger partial charge in [-0.1, -0.05) is 0 Å². The van der Waals surface area contributed by atoms with Gasteiger partial charge in [-0.15, -0.1) is 0 Å². The van der Waals surface area contributed by atoms with E-state index < -0.39 is 0 Å². The molecule has 0 bridgehead atoms. The smallest absolute Gasteiger partial charge is 0.345 e. The fraction of sp³-hybridized carbons (Fsp3) is 0.842. The number of hydrogen-bond donors (Lipinski definition) is 2. The van der Waals surface area contributed by atoms with Gasteiger partial charge in [-0.2, -0.15) is 5.10 Å². The van der Waals surface area contributed by atoms with E-state index in [-0.39, 0.29) is 11.8 Å². The van der Waals surface area contributed by atoms with E-state index in [0.29, 0.717) is 13.2 Å². The van der Waals surface area contributed by atoms with Crippen LogP contribution in [0.3, 0.4) is 0 Å². The van der Waals surface area contributed by atoms with Crippen molar-refractivity contribution in [2.75, 3.05) is 40.0 Å². The maximum Gasteiger partial charge on any atom is 0.345 e. The first-order valence-corrected chi connectivity index (χ1v) is 10.6. The molecular weight excluding hydrogens is 360 g/mol. The second-order valence-corrected chi connectivity index (χ2v) is 7.37. The molecule has 0 aliphatic carbocycles. The Morgan fingerprint density at radius 2 is 2.14 bits per heavy atom. The Kier molecular flexibility index (Phi) is 8.35. The fourth-order valence-corrected chi connectivity index (χ4v) is 3.62. The summed E-state index contributed by atoms with van der Waals surface area (Å²) in [4.78, 5) is 16.5. The third-order valence-corrected chi connectivity index (χ3v) is 5.18. The van der Waals surface area contributed by atoms with Crippen LogP contribution in [-0.2, 0) is 29.0 Å². The molecule has 2 N–H and O–H groups in total. The molecule has 9 nitrogen and oxygen atoms in total. The molecule has 0 saturated carbocycles. The highest BCUT2D eigenvalue weighted by atomic mass is 16.5. The van der Waals surface area contributed by atoms with Crippen LogP contribution in [0.25, 0.3) is 0 Å². The number of hydrogen-bond acceptors (Lipinski definition) is 5. The lowest BCUT2D eigenvalue weighted by atomic mass is 10.2. The van der Waals surface area contributed by atoms with Crippen LogP contribution in [-0.4, -0.2) is 66.4 Å². The van der Waals surface area contributed by atoms with Gasteiger partial charge >= 0.3 is 5.69 Å². The van der Waals surface area contributed by atoms with Crippen molar-refractivity contribution in [3.05, 3.63) is 16.3 Å². The van der Waals surface area contributed by atoms with Gasteiger partial charge in [0.2, 0.25) is 0 Å². The maximum atomic E-state index is 12.3. The molecule has 1 aromatic rings. The first-order chi connectivity index (χ1) is 13.8. The molecule has 9 heteroatoms. The molecule has 2 aliphatic heterocycles. The summed E-state index contributed by atoms with van der Waals surface area (Å²) in [6.45, 7) is 5.26. The van der Waals surface area contributed by atoms with Gasteiger partial charge in [0.25, 0.3) is 0 Å². The number of nitrogens with one attached hydrogen (secondary N) is 2. The third-order valence-electron chi connectivity index (χ3n) is 5.18. The van der Waals surface area contributed by atoms with E-state index >= 15 is 0 Å². The minimum absolute atomic E-state index is 0.0280. The topological polar surface area (TPSA) is 94.7 Å². The van der Waals surface area contributed by atoms with E-state index in [0.717, 1.165) is 89.6 Å². The molecule has 2 aliphatic rings. The zero-order valence-corrected chi connectivity index (χ0v) is 17.0. The van der Waals surface area contributed by atoms with E-state index in [1.807, 2.05) is 4.57 Å². The standard InChI is InChI=1S/C19H34N6O3/c1-20-18(22-10-6-13-27-15-16-7-4-14-28-16)21-9-5-12-25-19(26)24-11-3-2-8-17(24)23-25/h16H,2-15H2,1H3,(H2,20,21,22). The Bertz CT molecular complexity index is 678. The number of rotatable bonds is 10. The first-order valence-electron chi connectivity index (χ1n) is 10.6. The van der Waals surface area contributed by atoms with Gasteiger partial charge in [0.1, 0.15) is 5.82 Å². The summed E-state index contributed by atoms with van der Waals surface area (Å²) in [5.41, 5.74) is 0.0280. The molecule has 0 aromatic carbocycles. The number of aliphatic imine (C=N–C) groups is 1. The summed E-state index contributed by atoms with van der Waals surface area (Å²) < 4.78 is 14.6. The number of fused-ring (bicyclic) bond motifs is 1. The van der Waals surface area contributed by atoms with Crippen molar-refractivity contribution < 1.29 is 9.47 Å². The van der Waals surface area contributed by atoms with Gasteiger partial charge in [0, 0.05) is 52.9 Å². The number of aromatic nitrogens is 3. The summed E-state index contributed by atoms with van der Waals surface area (Å²) in [6, 6.07) is 0. The van der Waals surface area contributed by atoms with Crippen molar-refractivity contribution >= 4 is 5.96 Å². The highest BCUT2D eigenvalue weighted by Crippen LogP contribution is 2.12. The zero-order valence-electron chi connectivity index (χ0n) is 17.0. The van der Waals surface area contributed by atoms with Crippen LogP contribution in [0.2, 0.25) is 0 Å². The highest BCUT2D eigenvalue weighted by molar-refractivity contribution is 5.79. The Morgan fingerprint density at radius 3 is 2.89 bits per heavy atom. The van der Waals surface area contributed by atoms with Crippen molar-refractivity contribution in [2.24, 2.45) is 4.99 Å². The first kappa shape index (κ1) is 20.9. The van der Waals surface area contributed by atoms with E-state index in [1.165, 1.54) is 0 Å². The van der Waals surface area contributed by atoms with E-state index in [1.54, 1.807) is 11.7 Å². The molecule has 1 fully saturated rings. The Balaban J connectivity index is 1.25. The molecule has 1 atom stereocenters. The quantitative estimate of drug-likeness (QED) is 0.341. The molecule has 1 aromatic heterocycles. The van der Waals surface area contributed by atoms with Gasteiger partial charge in [0.15, 0.2) is 5.96 Å². The predicted octanol–water partition coefficient (Wildman–Crippen LogP) is 0.522. The van der Waals surface area contributed by atoms with Gasteiger partial charge in [0.05, 0.1) is 12.7 Å². The SMILES string of the molecule is CN=C(NCCCOCC1CCCO1)NCCCn1nc2n(c1=O)CCCC2. The van der Waals surface area contributed by atoms with E-state index in [9.17, 15) is 4.79 Å². The van der Waals surface area contributed by atoms with Gasteiger partial charge in [-0.25, -0.2) is 9.48 Å². The number of nitrogens with zero attached hydrogens (tertiary/aromatic N) is 4. The minimum Gasteiger partial charge on any atom is -0.379 e. The number of ether oxygens (including phenoxy) is 2. The summed E-state index contributed by atoms with van der Waals surface area (Å²) in [5, 5.41) is 11.0. The largest absolute Gasteiger partial charge is 0.379 e. The molecule has 3 rings (SSSR count). The van der Waals surface area contributed by atoms with Gasteiger partial charge in [-0.3, -0.25) is 9.56 Å². The Labute approximate surface area is 166 Å². The lowest BCUT2D eigenvalue weighted by molar-refractivity contribution is 0.0168. The summed E-state index contributed by atoms with van der Waals surface area (Å²) in [5.74, 6) is 1.71. The van der Waals surface area contributed by atoms with Crippen LogP contribution in [0.5, 0.6) is 0 Å². The lowest BCUT2D eigenvalue weighted by Crippen LogP contribution is -2.39. The average molecular weight is 395 g/mol. The molecule has 0 amide bonds. The van der Waals surface area contributed by atoms with Crippen molar-refractivity contribution in [2.45, 2.75) is 64.1 Å². The molecule has 3 heterocycles. The summed E-state index contributed by atoms with van der Waals surface area (Å²) >= 11 is 0. The van der Waals surface area contributed by atoms with Crippen molar-refractivity contribution in [3.63, 3.8) is 0 Å². The number of aryl methyl sites for hydroxylation is 2. The van der Waals surface area contributed by atoms with Crippen molar-refractivity contribution in [3.8, 4) is 0 Å². The van der Waals surface area contributed by atoms with Crippen LogP contribution in [0, 0.1) is 0 Å². The third kappa shape index (κ3) is 6.07. The molecule has 0 radical (unpaired) electrons. The Morgan fingerprint density at radius 1 is 1.29 bits per heavy atom. The lowest BCUT2D eigenvalue weighted by Gasteiger charge is -2.13. The van der Waals surface area contributed by atoms with Gasteiger partial charge < -0.3 is 20.1 Å². The normalized spacial score (nSPS) is 19.6. The van der Waals surface area contributed by atoms with Crippen LogP contribution in [0.1, 0.15) is 44.3 Å². The zero-order chi connectivity index (χ0) is 19.6. The van der Waals surface area contributed by atoms with Crippen molar-refractivity contribution in [1.82, 2.24) is 25.0 Å². The number of guanidine groups is 1. The monoisotopic (exact) mass is 394 g/mol. The van der Waals surface area contributed by atoms with Gasteiger partial charge in [-0.05, 0) is 38.5 Å². The summed E-state index contributed by atoms with van der Waals surface area (Å²) in [7, 11) is 1.76. The Hall–Kier alpha value is -1.87. The fourth-order valence-electron chi connectivity index (χ4n) is 3.62. The van der Waals surface area contributed by atoms with Crippen LogP contribution in [0.15, 0.2) is 9.79 Å². The molecule has 0 spiro atoms. The second-order valence-electron chi connectivity index (χ2n) is 7.37. The van der Waals surface area contributed by atoms with Crippen LogP contribution >= 0.6 is 0 Å². The molecule has 1 unspecified atom stereocenters. The summed E-state index contributed by atoms with van der Waals surface area (Å²) in [6.07, 6.45) is 7.40. The molecule has 158 valence electrons. The van der Waals surface area contributed by atoms with Crippen LogP contribution < -0.4 is 16.3 Å². The van der Waals surface area contributed by atoms with Crippen LogP contribution in [0.4, 0.5) is 0 Å². The highest BCUT2D eigenvalue weighted by Gasteiger charge is 2.16. The van der Waals surface area contributed by atoms with E-state index in [2.05, 4.69) is 20.7 Å². The maximum absolute atomic E-state index is 12.3. The minimum atomic E-state index is 0.0280. The molecule has 1 saturated heterocycles. The predicted molar refractivity (Wildman–Crippen MR) is 108 cm³/mol.